The lowest BCUT2D eigenvalue weighted by Gasteiger charge is -2.31. The summed E-state index contributed by atoms with van der Waals surface area (Å²) in [5, 5.41) is 0. The minimum absolute atomic E-state index is 0.00650. The van der Waals surface area contributed by atoms with Crippen LogP contribution in [0.25, 0.3) is 0 Å². The van der Waals surface area contributed by atoms with Crippen LogP contribution in [-0.4, -0.2) is 61.6 Å². The molecule has 0 aliphatic heterocycles. The quantitative estimate of drug-likeness (QED) is 0.311. The van der Waals surface area contributed by atoms with Crippen molar-refractivity contribution in [2.75, 3.05) is 18.6 Å². The van der Waals surface area contributed by atoms with Crippen LogP contribution >= 0.6 is 0 Å². The van der Waals surface area contributed by atoms with Gasteiger partial charge in [0.1, 0.15) is 12.4 Å². The number of carbonyl (C=O) groups is 6. The van der Waals surface area contributed by atoms with Crippen molar-refractivity contribution >= 4 is 41.4 Å². The summed E-state index contributed by atoms with van der Waals surface area (Å²) in [7, 11) is 1.11. The first-order valence-electron chi connectivity index (χ1n) is 11.9. The molecule has 0 aliphatic rings. The Balaban J connectivity index is 2.46. The molecule has 40 heavy (non-hydrogen) atoms. The van der Waals surface area contributed by atoms with Crippen LogP contribution in [0.15, 0.2) is 42.5 Å². The predicted molar refractivity (Wildman–Crippen MR) is 138 cm³/mol. The molecule has 0 bridgehead atoms. The van der Waals surface area contributed by atoms with Gasteiger partial charge in [-0.05, 0) is 48.4 Å². The zero-order chi connectivity index (χ0) is 30.0. The van der Waals surface area contributed by atoms with Gasteiger partial charge >= 0.3 is 29.8 Å². The van der Waals surface area contributed by atoms with Gasteiger partial charge in [0.05, 0.1) is 13.2 Å². The second kappa shape index (κ2) is 14.4. The summed E-state index contributed by atoms with van der Waals surface area (Å²) in [4.78, 5) is 73.1. The van der Waals surface area contributed by atoms with E-state index in [9.17, 15) is 28.8 Å². The Hall–Kier alpha value is -4.78. The molecule has 0 heterocycles. The summed E-state index contributed by atoms with van der Waals surface area (Å²) in [6.07, 6.45) is -0.100. The molecule has 13 heteroatoms. The summed E-state index contributed by atoms with van der Waals surface area (Å²) in [6, 6.07) is 7.27. The molecule has 2 N–H and O–H groups in total. The standard InChI is InChI=1S/C27H30N2O11/c1-15(30)37-14-23(27(35)36-5)29(20-7-9-21(10-8-20)38-16(2)31)26(34)22(28)12-19-6-11-24(39-17(3)32)25(13-19)40-18(4)33/h6-11,13,22-23H,12,14,28H2,1-5H3/t22-,23-/m0/s1. The highest BCUT2D eigenvalue weighted by Crippen LogP contribution is 2.30. The normalized spacial score (nSPS) is 11.8. The highest BCUT2D eigenvalue weighted by molar-refractivity contribution is 6.02. The molecule has 1 amide bonds. The maximum absolute atomic E-state index is 13.7. The molecule has 2 aromatic carbocycles. The van der Waals surface area contributed by atoms with Gasteiger partial charge < -0.3 is 29.4 Å². The van der Waals surface area contributed by atoms with Crippen molar-refractivity contribution in [3.8, 4) is 17.2 Å². The van der Waals surface area contributed by atoms with E-state index in [4.69, 9.17) is 29.4 Å². The smallest absolute Gasteiger partial charge is 0.332 e. The Kier molecular flexibility index (Phi) is 11.3. The Labute approximate surface area is 230 Å². The van der Waals surface area contributed by atoms with Crippen molar-refractivity contribution in [2.45, 2.75) is 46.2 Å². The highest BCUT2D eigenvalue weighted by Gasteiger charge is 2.36. The number of ether oxygens (including phenoxy) is 5. The molecule has 2 atom stereocenters. The fourth-order valence-corrected chi connectivity index (χ4v) is 3.55. The number of esters is 5. The molecule has 0 aromatic heterocycles. The van der Waals surface area contributed by atoms with Crippen molar-refractivity contribution in [3.63, 3.8) is 0 Å². The Morgan fingerprint density at radius 2 is 1.35 bits per heavy atom. The largest absolute Gasteiger partial charge is 0.467 e. The molecule has 2 aromatic rings. The van der Waals surface area contributed by atoms with E-state index in [1.807, 2.05) is 0 Å². The molecule has 0 radical (unpaired) electrons. The third-order valence-electron chi connectivity index (χ3n) is 5.13. The van der Waals surface area contributed by atoms with Gasteiger partial charge in [0.2, 0.25) is 5.91 Å². The van der Waals surface area contributed by atoms with Crippen LogP contribution in [0.1, 0.15) is 33.3 Å². The minimum atomic E-state index is -1.41. The van der Waals surface area contributed by atoms with Gasteiger partial charge in [0.15, 0.2) is 17.5 Å². The number of hydrogen-bond acceptors (Lipinski definition) is 12. The monoisotopic (exact) mass is 558 g/mol. The van der Waals surface area contributed by atoms with Crippen molar-refractivity contribution in [3.05, 3.63) is 48.0 Å². The Morgan fingerprint density at radius 3 is 1.88 bits per heavy atom. The molecule has 0 spiro atoms. The number of carbonyl (C=O) groups excluding carboxylic acids is 6. The van der Waals surface area contributed by atoms with Crippen LogP contribution in [0.2, 0.25) is 0 Å². The molecule has 13 nitrogen and oxygen atoms in total. The van der Waals surface area contributed by atoms with E-state index in [2.05, 4.69) is 0 Å². The molecule has 0 fully saturated rings. The molecular weight excluding hydrogens is 528 g/mol. The van der Waals surface area contributed by atoms with Gasteiger partial charge in [-0.15, -0.1) is 0 Å². The average molecular weight is 559 g/mol. The third-order valence-corrected chi connectivity index (χ3v) is 5.13. The molecule has 0 unspecified atom stereocenters. The van der Waals surface area contributed by atoms with Crippen LogP contribution in [0, 0.1) is 0 Å². The SMILES string of the molecule is COC(=O)[C@H](COC(C)=O)N(C(=O)[C@@H](N)Cc1ccc(OC(C)=O)c(OC(C)=O)c1)c1ccc(OC(C)=O)cc1. The van der Waals surface area contributed by atoms with Gasteiger partial charge in [-0.1, -0.05) is 6.07 Å². The van der Waals surface area contributed by atoms with Crippen molar-refractivity contribution in [2.24, 2.45) is 5.73 Å². The van der Waals surface area contributed by atoms with E-state index in [-0.39, 0.29) is 29.4 Å². The van der Waals surface area contributed by atoms with E-state index < -0.39 is 54.4 Å². The highest BCUT2D eigenvalue weighted by atomic mass is 16.6. The zero-order valence-corrected chi connectivity index (χ0v) is 22.6. The van der Waals surface area contributed by atoms with Crippen LogP contribution in [0.3, 0.4) is 0 Å². The first-order valence-corrected chi connectivity index (χ1v) is 11.9. The predicted octanol–water partition coefficient (Wildman–Crippen LogP) is 1.47. The van der Waals surface area contributed by atoms with Crippen molar-refractivity contribution in [1.29, 1.82) is 0 Å². The van der Waals surface area contributed by atoms with E-state index >= 15 is 0 Å². The summed E-state index contributed by atoms with van der Waals surface area (Å²) in [6.45, 7) is 4.18. The zero-order valence-electron chi connectivity index (χ0n) is 22.6. The number of methoxy groups -OCH3 is 1. The Bertz CT molecular complexity index is 1270. The van der Waals surface area contributed by atoms with E-state index in [0.717, 1.165) is 18.9 Å². The lowest BCUT2D eigenvalue weighted by atomic mass is 10.0. The molecular formula is C27H30N2O11. The topological polar surface area (TPSA) is 178 Å². The number of amides is 1. The lowest BCUT2D eigenvalue weighted by Crippen LogP contribution is -2.54. The summed E-state index contributed by atoms with van der Waals surface area (Å²) in [5.74, 6) is -4.05. The fraction of sp³-hybridized carbons (Fsp3) is 0.333. The lowest BCUT2D eigenvalue weighted by molar-refractivity contribution is -0.149. The van der Waals surface area contributed by atoms with E-state index in [1.54, 1.807) is 0 Å². The molecule has 0 saturated carbocycles. The summed E-state index contributed by atoms with van der Waals surface area (Å²) in [5.41, 5.74) is 6.88. The average Bonchev–Trinajstić information content (AvgIpc) is 2.87. The molecule has 214 valence electrons. The fourth-order valence-electron chi connectivity index (χ4n) is 3.55. The van der Waals surface area contributed by atoms with E-state index in [0.29, 0.717) is 5.56 Å². The maximum Gasteiger partial charge on any atom is 0.332 e. The number of rotatable bonds is 11. The molecule has 0 saturated heterocycles. The first kappa shape index (κ1) is 31.4. The van der Waals surface area contributed by atoms with Crippen LogP contribution in [-0.2, 0) is 44.7 Å². The number of nitrogens with two attached hydrogens (primary N) is 1. The van der Waals surface area contributed by atoms with Gasteiger partial charge in [0.25, 0.3) is 0 Å². The minimum Gasteiger partial charge on any atom is -0.467 e. The van der Waals surface area contributed by atoms with Gasteiger partial charge in [0, 0.05) is 33.4 Å². The number of nitrogens with zero attached hydrogens (tertiary/aromatic N) is 1. The van der Waals surface area contributed by atoms with Crippen LogP contribution in [0.4, 0.5) is 5.69 Å². The number of hydrogen-bond donors (Lipinski definition) is 1. The van der Waals surface area contributed by atoms with Crippen LogP contribution < -0.4 is 24.8 Å². The first-order chi connectivity index (χ1) is 18.8. The van der Waals surface area contributed by atoms with Crippen molar-refractivity contribution < 1.29 is 52.5 Å². The second-order valence-corrected chi connectivity index (χ2v) is 8.42. The number of anilines is 1. The molecule has 2 rings (SSSR count). The number of benzene rings is 2. The summed E-state index contributed by atoms with van der Waals surface area (Å²) < 4.78 is 25.1. The van der Waals surface area contributed by atoms with Crippen molar-refractivity contribution in [1.82, 2.24) is 0 Å². The van der Waals surface area contributed by atoms with Gasteiger partial charge in [-0.3, -0.25) is 28.9 Å². The second-order valence-electron chi connectivity index (χ2n) is 8.42. The van der Waals surface area contributed by atoms with Gasteiger partial charge in [-0.25, -0.2) is 4.79 Å². The summed E-state index contributed by atoms with van der Waals surface area (Å²) >= 11 is 0. The van der Waals surface area contributed by atoms with E-state index in [1.165, 1.54) is 63.2 Å². The molecule has 0 aliphatic carbocycles. The third kappa shape index (κ3) is 9.20. The van der Waals surface area contributed by atoms with Gasteiger partial charge in [-0.2, -0.15) is 0 Å². The Morgan fingerprint density at radius 1 is 0.775 bits per heavy atom. The maximum atomic E-state index is 13.7. The van der Waals surface area contributed by atoms with Crippen LogP contribution in [0.5, 0.6) is 17.2 Å².